The van der Waals surface area contributed by atoms with Gasteiger partial charge in [0.25, 0.3) is 0 Å². The molecule has 11 rings (SSSR count). The molecular formula is C60H42N2. The molecule has 0 saturated carbocycles. The fourth-order valence-electron chi connectivity index (χ4n) is 9.04. The fourth-order valence-corrected chi connectivity index (χ4v) is 9.04. The van der Waals surface area contributed by atoms with E-state index >= 15 is 0 Å². The monoisotopic (exact) mass is 790 g/mol. The number of para-hydroxylation sites is 2. The summed E-state index contributed by atoms with van der Waals surface area (Å²) in [7, 11) is 0. The van der Waals surface area contributed by atoms with Gasteiger partial charge in [-0.1, -0.05) is 200 Å². The number of aromatic nitrogens is 1. The van der Waals surface area contributed by atoms with Gasteiger partial charge < -0.3 is 9.47 Å². The van der Waals surface area contributed by atoms with Crippen molar-refractivity contribution in [3.8, 4) is 61.3 Å². The number of hydrogen-bond acceptors (Lipinski definition) is 1. The number of nitrogens with zero attached hydrogens (tertiary/aromatic N) is 2. The van der Waals surface area contributed by atoms with E-state index in [2.05, 4.69) is 264 Å². The highest BCUT2D eigenvalue weighted by Gasteiger charge is 2.22. The normalized spacial score (nSPS) is 11.2. The van der Waals surface area contributed by atoms with Gasteiger partial charge in [-0.3, -0.25) is 0 Å². The van der Waals surface area contributed by atoms with Crippen molar-refractivity contribution in [1.29, 1.82) is 0 Å². The Bertz CT molecular complexity index is 3310. The summed E-state index contributed by atoms with van der Waals surface area (Å²) in [6, 6.07) is 92.2. The lowest BCUT2D eigenvalue weighted by molar-refractivity contribution is 1.18. The minimum Gasteiger partial charge on any atom is -0.310 e. The van der Waals surface area contributed by atoms with Crippen LogP contribution in [0.1, 0.15) is 0 Å². The van der Waals surface area contributed by atoms with E-state index < -0.39 is 0 Å². The number of fused-ring (bicyclic) bond motifs is 3. The van der Waals surface area contributed by atoms with Gasteiger partial charge in [0, 0.05) is 33.4 Å². The van der Waals surface area contributed by atoms with Crippen LogP contribution in [0.5, 0.6) is 0 Å². The van der Waals surface area contributed by atoms with Crippen LogP contribution in [0.4, 0.5) is 17.1 Å². The van der Waals surface area contributed by atoms with Crippen molar-refractivity contribution < 1.29 is 0 Å². The van der Waals surface area contributed by atoms with Crippen LogP contribution in [0.15, 0.2) is 255 Å². The molecule has 2 nitrogen and oxygen atoms in total. The summed E-state index contributed by atoms with van der Waals surface area (Å²) in [6.45, 7) is 0. The second-order valence-electron chi connectivity index (χ2n) is 15.7. The summed E-state index contributed by atoms with van der Waals surface area (Å²) in [6.07, 6.45) is 0. The summed E-state index contributed by atoms with van der Waals surface area (Å²) in [5, 5.41) is 2.45. The van der Waals surface area contributed by atoms with E-state index in [0.717, 1.165) is 50.5 Å². The van der Waals surface area contributed by atoms with E-state index in [-0.39, 0.29) is 0 Å². The number of rotatable bonds is 9. The molecule has 0 saturated heterocycles. The highest BCUT2D eigenvalue weighted by atomic mass is 15.1. The van der Waals surface area contributed by atoms with Gasteiger partial charge in [-0.05, 0) is 105 Å². The third-order valence-corrected chi connectivity index (χ3v) is 12.0. The van der Waals surface area contributed by atoms with Gasteiger partial charge in [0.05, 0.1) is 16.7 Å². The van der Waals surface area contributed by atoms with E-state index in [1.165, 1.54) is 49.7 Å². The maximum atomic E-state index is 2.45. The largest absolute Gasteiger partial charge is 0.310 e. The third kappa shape index (κ3) is 6.84. The average molecular weight is 791 g/mol. The molecule has 0 bridgehead atoms. The molecule has 0 amide bonds. The Morgan fingerprint density at radius 3 is 1.44 bits per heavy atom. The zero-order valence-corrected chi connectivity index (χ0v) is 34.1. The van der Waals surface area contributed by atoms with Gasteiger partial charge in [-0.15, -0.1) is 0 Å². The molecule has 0 unspecified atom stereocenters. The molecule has 62 heavy (non-hydrogen) atoms. The van der Waals surface area contributed by atoms with Crippen molar-refractivity contribution in [3.05, 3.63) is 255 Å². The molecule has 292 valence electrons. The predicted molar refractivity (Wildman–Crippen MR) is 263 cm³/mol. The standard InChI is InChI=1S/C60H42N2/c1-5-18-43(19-6-1)44-32-34-45(35-33-44)48-36-39-59(57(41-48)47-22-9-3-10-23-47)61(51-27-17-24-49(40-51)54-29-14-13-28-53(54)46-20-7-2-8-21-46)52-37-38-56-55-30-15-16-31-58(55)62(60(56)42-52)50-25-11-4-12-26-50/h1-42H. The molecule has 0 aliphatic rings. The van der Waals surface area contributed by atoms with Gasteiger partial charge in [-0.2, -0.15) is 0 Å². The van der Waals surface area contributed by atoms with E-state index in [9.17, 15) is 0 Å². The molecule has 0 aliphatic carbocycles. The topological polar surface area (TPSA) is 8.17 Å². The highest BCUT2D eigenvalue weighted by Crippen LogP contribution is 2.46. The van der Waals surface area contributed by atoms with Crippen LogP contribution in [-0.2, 0) is 0 Å². The van der Waals surface area contributed by atoms with Crippen LogP contribution in [0.25, 0.3) is 83.1 Å². The molecule has 0 radical (unpaired) electrons. The zero-order valence-electron chi connectivity index (χ0n) is 34.1. The van der Waals surface area contributed by atoms with Crippen LogP contribution >= 0.6 is 0 Å². The third-order valence-electron chi connectivity index (χ3n) is 12.0. The Balaban J connectivity index is 1.13. The first kappa shape index (κ1) is 36.8. The lowest BCUT2D eigenvalue weighted by Crippen LogP contribution is -2.12. The Morgan fingerprint density at radius 2 is 0.742 bits per heavy atom. The molecule has 0 spiro atoms. The summed E-state index contributed by atoms with van der Waals surface area (Å²) < 4.78 is 2.40. The van der Waals surface area contributed by atoms with Gasteiger partial charge >= 0.3 is 0 Å². The minimum atomic E-state index is 1.07. The summed E-state index contributed by atoms with van der Waals surface area (Å²) >= 11 is 0. The number of benzene rings is 10. The smallest absolute Gasteiger partial charge is 0.0561 e. The molecule has 1 aromatic heterocycles. The first-order valence-electron chi connectivity index (χ1n) is 21.3. The van der Waals surface area contributed by atoms with Crippen molar-refractivity contribution in [1.82, 2.24) is 4.57 Å². The minimum absolute atomic E-state index is 1.07. The molecule has 1 heterocycles. The number of hydrogen-bond donors (Lipinski definition) is 0. The van der Waals surface area contributed by atoms with Crippen LogP contribution < -0.4 is 4.90 Å². The molecule has 2 heteroatoms. The SMILES string of the molecule is c1ccc(-c2ccc(-c3ccc(N(c4cccc(-c5ccccc5-c5ccccc5)c4)c4ccc5c6ccccc6n(-c6ccccc6)c5c4)c(-c4ccccc4)c3)cc2)cc1. The highest BCUT2D eigenvalue weighted by molar-refractivity contribution is 6.10. The Hall–Kier alpha value is -8.20. The van der Waals surface area contributed by atoms with Gasteiger partial charge in [-0.25, -0.2) is 0 Å². The molecule has 0 atom stereocenters. The Morgan fingerprint density at radius 1 is 0.258 bits per heavy atom. The van der Waals surface area contributed by atoms with E-state index in [1.807, 2.05) is 0 Å². The van der Waals surface area contributed by atoms with Crippen LogP contribution in [0, 0.1) is 0 Å². The molecule has 0 fully saturated rings. The fraction of sp³-hybridized carbons (Fsp3) is 0. The van der Waals surface area contributed by atoms with Crippen molar-refractivity contribution in [3.63, 3.8) is 0 Å². The van der Waals surface area contributed by atoms with Gasteiger partial charge in [0.2, 0.25) is 0 Å². The lowest BCUT2D eigenvalue weighted by Gasteiger charge is -2.29. The first-order valence-corrected chi connectivity index (χ1v) is 21.3. The maximum absolute atomic E-state index is 2.45. The quantitative estimate of drug-likeness (QED) is 0.141. The Kier molecular flexibility index (Phi) is 9.57. The van der Waals surface area contributed by atoms with Gasteiger partial charge in [0.1, 0.15) is 0 Å². The summed E-state index contributed by atoms with van der Waals surface area (Å²) in [5.41, 5.74) is 18.5. The van der Waals surface area contributed by atoms with Crippen molar-refractivity contribution in [2.24, 2.45) is 0 Å². The maximum Gasteiger partial charge on any atom is 0.0561 e. The second-order valence-corrected chi connectivity index (χ2v) is 15.7. The van der Waals surface area contributed by atoms with E-state index in [4.69, 9.17) is 0 Å². The van der Waals surface area contributed by atoms with Crippen molar-refractivity contribution in [2.75, 3.05) is 4.90 Å². The Labute approximate surface area is 362 Å². The lowest BCUT2D eigenvalue weighted by atomic mass is 9.93. The van der Waals surface area contributed by atoms with Crippen molar-refractivity contribution >= 4 is 38.9 Å². The van der Waals surface area contributed by atoms with Crippen LogP contribution in [0.2, 0.25) is 0 Å². The molecular weight excluding hydrogens is 749 g/mol. The molecule has 10 aromatic carbocycles. The zero-order chi connectivity index (χ0) is 41.2. The number of anilines is 3. The molecule has 11 aromatic rings. The van der Waals surface area contributed by atoms with Crippen LogP contribution in [-0.4, -0.2) is 4.57 Å². The van der Waals surface area contributed by atoms with Crippen molar-refractivity contribution in [2.45, 2.75) is 0 Å². The predicted octanol–water partition coefficient (Wildman–Crippen LogP) is 16.6. The summed E-state index contributed by atoms with van der Waals surface area (Å²) in [5.74, 6) is 0. The average Bonchev–Trinajstić information content (AvgIpc) is 3.69. The molecule has 0 N–H and O–H groups in total. The second kappa shape index (κ2) is 16.1. The van der Waals surface area contributed by atoms with Crippen LogP contribution in [0.3, 0.4) is 0 Å². The van der Waals surface area contributed by atoms with Gasteiger partial charge in [0.15, 0.2) is 0 Å². The summed E-state index contributed by atoms with van der Waals surface area (Å²) in [4.78, 5) is 2.45. The van der Waals surface area contributed by atoms with E-state index in [0.29, 0.717) is 0 Å². The molecule has 0 aliphatic heterocycles. The van der Waals surface area contributed by atoms with E-state index in [1.54, 1.807) is 0 Å². The first-order chi connectivity index (χ1) is 30.8.